The molecule has 1 amide bonds. The van der Waals surface area contributed by atoms with Gasteiger partial charge in [0.25, 0.3) is 0 Å². The maximum absolute atomic E-state index is 15.0. The van der Waals surface area contributed by atoms with Crippen LogP contribution in [0.15, 0.2) is 30.5 Å². The third-order valence-corrected chi connectivity index (χ3v) is 6.43. The second-order valence-corrected chi connectivity index (χ2v) is 9.36. The van der Waals surface area contributed by atoms with Gasteiger partial charge in [-0.2, -0.15) is 0 Å². The number of halogens is 2. The molecule has 0 spiro atoms. The van der Waals surface area contributed by atoms with Gasteiger partial charge >= 0.3 is 0 Å². The molecule has 9 nitrogen and oxygen atoms in total. The maximum Gasteiger partial charge on any atom is 0.236 e. The molecule has 5 rings (SSSR count). The van der Waals surface area contributed by atoms with Crippen LogP contribution in [0.2, 0.25) is 0 Å². The Labute approximate surface area is 226 Å². The van der Waals surface area contributed by atoms with Crippen LogP contribution in [-0.2, 0) is 17.8 Å². The number of hydrogen-bond donors (Lipinski definition) is 2. The number of anilines is 2. The monoisotopic (exact) mass is 536 g/mol. The summed E-state index contributed by atoms with van der Waals surface area (Å²) < 4.78 is 31.7. The first-order valence-corrected chi connectivity index (χ1v) is 13.1. The van der Waals surface area contributed by atoms with Crippen LogP contribution in [0.3, 0.4) is 0 Å². The van der Waals surface area contributed by atoms with Crippen molar-refractivity contribution in [2.45, 2.75) is 53.6 Å². The van der Waals surface area contributed by atoms with Crippen molar-refractivity contribution in [3.8, 4) is 11.3 Å². The highest BCUT2D eigenvalue weighted by molar-refractivity contribution is 5.83. The summed E-state index contributed by atoms with van der Waals surface area (Å²) in [4.78, 5) is 31.4. The molecule has 4 aromatic rings. The molecule has 0 unspecified atom stereocenters. The van der Waals surface area contributed by atoms with Crippen molar-refractivity contribution in [1.29, 1.82) is 0 Å². The Bertz CT molecular complexity index is 1500. The molecule has 1 aromatic carbocycles. The third kappa shape index (κ3) is 5.73. The van der Waals surface area contributed by atoms with E-state index in [1.165, 1.54) is 6.07 Å². The highest BCUT2D eigenvalue weighted by atomic mass is 19.1. The average molecular weight is 537 g/mol. The van der Waals surface area contributed by atoms with Gasteiger partial charge in [-0.1, -0.05) is 19.9 Å². The summed E-state index contributed by atoms with van der Waals surface area (Å²) in [5.41, 5.74) is 2.94. The summed E-state index contributed by atoms with van der Waals surface area (Å²) in [6, 6.07) is 6.67. The van der Waals surface area contributed by atoms with Crippen LogP contribution < -0.4 is 10.6 Å². The maximum atomic E-state index is 15.0. The minimum absolute atomic E-state index is 0.0240. The van der Waals surface area contributed by atoms with E-state index < -0.39 is 11.6 Å². The van der Waals surface area contributed by atoms with Crippen molar-refractivity contribution in [3.05, 3.63) is 59.2 Å². The molecule has 0 fully saturated rings. The van der Waals surface area contributed by atoms with E-state index >= 15 is 0 Å². The summed E-state index contributed by atoms with van der Waals surface area (Å²) >= 11 is 0. The SMILES string of the molecule is CC.CNCC(=O)N1CCc2nc(Nc3ncc(F)c(-c4cc(F)c5nc(C)n(C(C)C)c5c4)n3)ccc2C1. The first kappa shape index (κ1) is 28.0. The first-order valence-electron chi connectivity index (χ1n) is 13.1. The standard InChI is InChI=1S/C26H28F2N8O.C2H6/c1-14(2)36-15(3)31-25-18(27)9-17(10-21(25)36)24-19(28)11-30-26(34-24)33-22-6-5-16-13-35(23(37)12-29-4)8-7-20(16)32-22;1-2/h5-6,9-11,14,29H,7-8,12-13H2,1-4H3,(H,30,32,33,34);1-2H3. The predicted octanol–water partition coefficient (Wildman–Crippen LogP) is 4.93. The van der Waals surface area contributed by atoms with Crippen molar-refractivity contribution in [1.82, 2.24) is 34.7 Å². The van der Waals surface area contributed by atoms with E-state index in [-0.39, 0.29) is 29.1 Å². The van der Waals surface area contributed by atoms with Crippen LogP contribution in [0.25, 0.3) is 22.3 Å². The molecule has 0 saturated carbocycles. The normalized spacial score (nSPS) is 12.8. The molecule has 39 heavy (non-hydrogen) atoms. The van der Waals surface area contributed by atoms with Gasteiger partial charge in [0, 0.05) is 36.8 Å². The van der Waals surface area contributed by atoms with Crippen molar-refractivity contribution in [3.63, 3.8) is 0 Å². The number of pyridine rings is 1. The first-order chi connectivity index (χ1) is 18.7. The molecule has 4 heterocycles. The van der Waals surface area contributed by atoms with Crippen LogP contribution in [0.4, 0.5) is 20.5 Å². The summed E-state index contributed by atoms with van der Waals surface area (Å²) in [6.07, 6.45) is 1.68. The molecular weight excluding hydrogens is 502 g/mol. The van der Waals surface area contributed by atoms with Gasteiger partial charge in [0.2, 0.25) is 11.9 Å². The van der Waals surface area contributed by atoms with E-state index in [2.05, 4.69) is 30.6 Å². The van der Waals surface area contributed by atoms with Gasteiger partial charge in [-0.15, -0.1) is 0 Å². The fraction of sp³-hybridized carbons (Fsp3) is 0.393. The number of carbonyl (C=O) groups is 1. The molecule has 0 bridgehead atoms. The Kier molecular flexibility index (Phi) is 8.49. The van der Waals surface area contributed by atoms with Crippen LogP contribution in [0, 0.1) is 18.6 Å². The Balaban J connectivity index is 0.00000172. The fourth-order valence-electron chi connectivity index (χ4n) is 4.76. The van der Waals surface area contributed by atoms with Crippen molar-refractivity contribution in [2.24, 2.45) is 0 Å². The zero-order valence-electron chi connectivity index (χ0n) is 23.1. The number of aryl methyl sites for hydroxylation is 1. The second-order valence-electron chi connectivity index (χ2n) is 9.36. The minimum atomic E-state index is -0.665. The van der Waals surface area contributed by atoms with E-state index in [4.69, 9.17) is 0 Å². The highest BCUT2D eigenvalue weighted by Crippen LogP contribution is 2.30. The van der Waals surface area contributed by atoms with Crippen LogP contribution in [-0.4, -0.2) is 55.4 Å². The quantitative estimate of drug-likeness (QED) is 0.360. The van der Waals surface area contributed by atoms with Gasteiger partial charge in [0.05, 0.1) is 18.3 Å². The molecule has 0 aliphatic carbocycles. The van der Waals surface area contributed by atoms with Gasteiger partial charge in [0.1, 0.15) is 22.9 Å². The third-order valence-electron chi connectivity index (χ3n) is 6.43. The van der Waals surface area contributed by atoms with E-state index in [0.29, 0.717) is 48.8 Å². The Morgan fingerprint density at radius 2 is 1.87 bits per heavy atom. The van der Waals surface area contributed by atoms with Crippen molar-refractivity contribution >= 4 is 28.7 Å². The number of rotatable bonds is 6. The van der Waals surface area contributed by atoms with Crippen LogP contribution >= 0.6 is 0 Å². The summed E-state index contributed by atoms with van der Waals surface area (Å²) in [5.74, 6) is 0.159. The van der Waals surface area contributed by atoms with E-state index in [9.17, 15) is 13.6 Å². The summed E-state index contributed by atoms with van der Waals surface area (Å²) in [5, 5.41) is 5.91. The summed E-state index contributed by atoms with van der Waals surface area (Å²) in [6.45, 7) is 11.2. The number of amides is 1. The topological polar surface area (TPSA) is 101 Å². The minimum Gasteiger partial charge on any atom is -0.337 e. The zero-order valence-corrected chi connectivity index (χ0v) is 23.1. The number of hydrogen-bond acceptors (Lipinski definition) is 7. The largest absolute Gasteiger partial charge is 0.337 e. The number of carbonyl (C=O) groups excluding carboxylic acids is 1. The Morgan fingerprint density at radius 1 is 1.10 bits per heavy atom. The molecule has 3 aromatic heterocycles. The Hall–Kier alpha value is -3.99. The number of nitrogens with one attached hydrogen (secondary N) is 2. The number of imidazole rings is 1. The van der Waals surface area contributed by atoms with E-state index in [1.54, 1.807) is 24.1 Å². The van der Waals surface area contributed by atoms with E-state index in [0.717, 1.165) is 17.5 Å². The number of fused-ring (bicyclic) bond motifs is 2. The van der Waals surface area contributed by atoms with Gasteiger partial charge in [-0.05, 0) is 51.6 Å². The molecular formula is C28H34F2N8O. The molecule has 0 atom stereocenters. The lowest BCUT2D eigenvalue weighted by Gasteiger charge is -2.28. The van der Waals surface area contributed by atoms with Crippen LogP contribution in [0.5, 0.6) is 0 Å². The molecule has 1 aliphatic rings. The number of aromatic nitrogens is 5. The Morgan fingerprint density at radius 3 is 2.59 bits per heavy atom. The smallest absolute Gasteiger partial charge is 0.236 e. The van der Waals surface area contributed by atoms with Gasteiger partial charge in [-0.3, -0.25) is 4.79 Å². The molecule has 2 N–H and O–H groups in total. The molecule has 206 valence electrons. The molecule has 0 saturated heterocycles. The van der Waals surface area contributed by atoms with Gasteiger partial charge < -0.3 is 20.1 Å². The lowest BCUT2D eigenvalue weighted by molar-refractivity contribution is -0.131. The number of likely N-dealkylation sites (N-methyl/N-ethyl adjacent to an activating group) is 1. The summed E-state index contributed by atoms with van der Waals surface area (Å²) in [7, 11) is 1.74. The van der Waals surface area contributed by atoms with Crippen molar-refractivity contribution in [2.75, 3.05) is 25.5 Å². The van der Waals surface area contributed by atoms with Crippen LogP contribution in [0.1, 0.15) is 50.8 Å². The number of nitrogens with zero attached hydrogens (tertiary/aromatic N) is 6. The molecule has 0 radical (unpaired) electrons. The lowest BCUT2D eigenvalue weighted by atomic mass is 10.1. The lowest BCUT2D eigenvalue weighted by Crippen LogP contribution is -2.40. The molecule has 1 aliphatic heterocycles. The second kappa shape index (κ2) is 11.8. The average Bonchev–Trinajstić information content (AvgIpc) is 3.27. The van der Waals surface area contributed by atoms with E-state index in [1.807, 2.05) is 45.3 Å². The number of benzene rings is 1. The van der Waals surface area contributed by atoms with Gasteiger partial charge in [-0.25, -0.2) is 28.7 Å². The predicted molar refractivity (Wildman–Crippen MR) is 148 cm³/mol. The highest BCUT2D eigenvalue weighted by Gasteiger charge is 2.22. The van der Waals surface area contributed by atoms with Crippen molar-refractivity contribution < 1.29 is 13.6 Å². The van der Waals surface area contributed by atoms with Gasteiger partial charge in [0.15, 0.2) is 11.6 Å². The fourth-order valence-corrected chi connectivity index (χ4v) is 4.76. The zero-order chi connectivity index (χ0) is 28.3. The molecule has 11 heteroatoms.